The van der Waals surface area contributed by atoms with E-state index in [1.54, 1.807) is 19.9 Å². The molecule has 140 valence electrons. The van der Waals surface area contributed by atoms with Gasteiger partial charge in [0.15, 0.2) is 11.7 Å². The van der Waals surface area contributed by atoms with Crippen LogP contribution in [0.4, 0.5) is 13.2 Å². The largest absolute Gasteiger partial charge is 0.477 e. The second-order valence-electron chi connectivity index (χ2n) is 6.74. The molecule has 2 aromatic rings. The van der Waals surface area contributed by atoms with E-state index >= 15 is 0 Å². The van der Waals surface area contributed by atoms with Crippen LogP contribution < -0.4 is 4.74 Å². The summed E-state index contributed by atoms with van der Waals surface area (Å²) in [4.78, 5) is 14.0. The summed E-state index contributed by atoms with van der Waals surface area (Å²) in [6, 6.07) is 13.0. The van der Waals surface area contributed by atoms with E-state index in [0.717, 1.165) is 15.7 Å². The molecular formula is C19H20F3NO3. The summed E-state index contributed by atoms with van der Waals surface area (Å²) in [5, 5.41) is 1.79. The van der Waals surface area contributed by atoms with E-state index < -0.39 is 30.3 Å². The number of hydrogen-bond donors (Lipinski definition) is 0. The van der Waals surface area contributed by atoms with Crippen LogP contribution in [0.5, 0.6) is 5.75 Å². The quantitative estimate of drug-likeness (QED) is 0.829. The van der Waals surface area contributed by atoms with E-state index in [0.29, 0.717) is 5.75 Å². The van der Waals surface area contributed by atoms with Crippen molar-refractivity contribution in [3.63, 3.8) is 0 Å². The Morgan fingerprint density at radius 1 is 1.15 bits per heavy atom. The van der Waals surface area contributed by atoms with Crippen LogP contribution in [0.25, 0.3) is 10.8 Å². The van der Waals surface area contributed by atoms with E-state index in [9.17, 15) is 18.0 Å². The van der Waals surface area contributed by atoms with Gasteiger partial charge in [-0.05, 0) is 25.3 Å². The number of carbonyl (C=O) groups excluding carboxylic acids is 1. The fraction of sp³-hybridized carbons (Fsp3) is 0.421. The first-order valence-electron chi connectivity index (χ1n) is 8.33. The number of hydrogen-bond acceptors (Lipinski definition) is 3. The minimum absolute atomic E-state index is 0.105. The molecule has 0 aliphatic carbocycles. The van der Waals surface area contributed by atoms with Gasteiger partial charge >= 0.3 is 6.18 Å². The molecule has 1 saturated heterocycles. The number of ether oxygens (including phenoxy) is 2. The standard InChI is InChI=1S/C19H20F3NO3/c1-18(2,17(24)23-10-11-25-16(12-23)19(20,21)22)26-15-9-5-7-13-6-3-4-8-14(13)15/h3-9,16H,10-12H2,1-2H3/t16-/m1/s1. The summed E-state index contributed by atoms with van der Waals surface area (Å²) >= 11 is 0. The minimum atomic E-state index is -4.50. The molecule has 26 heavy (non-hydrogen) atoms. The molecule has 0 N–H and O–H groups in total. The monoisotopic (exact) mass is 367 g/mol. The first kappa shape index (κ1) is 18.5. The number of alkyl halides is 3. The van der Waals surface area contributed by atoms with Crippen molar-refractivity contribution in [1.82, 2.24) is 4.90 Å². The van der Waals surface area contributed by atoms with Gasteiger partial charge in [-0.25, -0.2) is 0 Å². The highest BCUT2D eigenvalue weighted by Gasteiger charge is 2.46. The van der Waals surface area contributed by atoms with Gasteiger partial charge in [0.05, 0.1) is 13.2 Å². The van der Waals surface area contributed by atoms with E-state index in [1.165, 1.54) is 0 Å². The van der Waals surface area contributed by atoms with Gasteiger partial charge in [-0.15, -0.1) is 0 Å². The van der Waals surface area contributed by atoms with Crippen LogP contribution in [0.1, 0.15) is 13.8 Å². The first-order chi connectivity index (χ1) is 12.2. The van der Waals surface area contributed by atoms with E-state index in [-0.39, 0.29) is 13.2 Å². The average Bonchev–Trinajstić information content (AvgIpc) is 2.60. The maximum absolute atomic E-state index is 12.9. The fourth-order valence-corrected chi connectivity index (χ4v) is 3.02. The van der Waals surface area contributed by atoms with E-state index in [4.69, 9.17) is 9.47 Å². The lowest BCUT2D eigenvalue weighted by Gasteiger charge is -2.38. The lowest BCUT2D eigenvalue weighted by molar-refractivity contribution is -0.237. The molecule has 4 nitrogen and oxygen atoms in total. The molecule has 0 saturated carbocycles. The normalized spacial score (nSPS) is 18.8. The molecule has 0 spiro atoms. The second-order valence-corrected chi connectivity index (χ2v) is 6.74. The fourth-order valence-electron chi connectivity index (χ4n) is 3.02. The Bertz CT molecular complexity index is 799. The number of rotatable bonds is 3. The van der Waals surface area contributed by atoms with Crippen molar-refractivity contribution >= 4 is 16.7 Å². The molecule has 1 heterocycles. The highest BCUT2D eigenvalue weighted by molar-refractivity contribution is 5.90. The lowest BCUT2D eigenvalue weighted by atomic mass is 10.1. The molecule has 1 fully saturated rings. The maximum atomic E-state index is 12.9. The third-order valence-electron chi connectivity index (χ3n) is 4.35. The summed E-state index contributed by atoms with van der Waals surface area (Å²) in [7, 11) is 0. The number of halogens is 3. The molecule has 1 aliphatic heterocycles. The molecule has 0 unspecified atom stereocenters. The summed E-state index contributed by atoms with van der Waals surface area (Å²) in [6.07, 6.45) is -6.46. The smallest absolute Gasteiger partial charge is 0.416 e. The molecule has 0 bridgehead atoms. The first-order valence-corrected chi connectivity index (χ1v) is 8.33. The van der Waals surface area contributed by atoms with Crippen molar-refractivity contribution in [2.75, 3.05) is 19.7 Å². The minimum Gasteiger partial charge on any atom is -0.477 e. The number of nitrogens with zero attached hydrogens (tertiary/aromatic N) is 1. The maximum Gasteiger partial charge on any atom is 0.416 e. The van der Waals surface area contributed by atoms with Crippen LogP contribution in [0.3, 0.4) is 0 Å². The SMILES string of the molecule is CC(C)(Oc1cccc2ccccc12)C(=O)N1CCO[C@@H](C(F)(F)F)C1. The number of carbonyl (C=O) groups is 1. The number of benzene rings is 2. The zero-order valence-electron chi connectivity index (χ0n) is 14.5. The van der Waals surface area contributed by atoms with Crippen molar-refractivity contribution in [2.45, 2.75) is 31.7 Å². The zero-order valence-corrected chi connectivity index (χ0v) is 14.5. The second kappa shape index (κ2) is 6.79. The lowest BCUT2D eigenvalue weighted by Crippen LogP contribution is -2.57. The van der Waals surface area contributed by atoms with Gasteiger partial charge < -0.3 is 14.4 Å². The Hall–Kier alpha value is -2.28. The van der Waals surface area contributed by atoms with E-state index in [2.05, 4.69) is 0 Å². The molecule has 1 amide bonds. The number of fused-ring (bicyclic) bond motifs is 1. The highest BCUT2D eigenvalue weighted by Crippen LogP contribution is 2.31. The van der Waals surface area contributed by atoms with Gasteiger partial charge in [0.1, 0.15) is 5.75 Å². The molecule has 1 atom stereocenters. The molecule has 1 aliphatic rings. The van der Waals surface area contributed by atoms with Crippen LogP contribution in [-0.4, -0.2) is 48.4 Å². The Morgan fingerprint density at radius 2 is 1.85 bits per heavy atom. The molecule has 3 rings (SSSR count). The van der Waals surface area contributed by atoms with Crippen LogP contribution >= 0.6 is 0 Å². The average molecular weight is 367 g/mol. The molecular weight excluding hydrogens is 347 g/mol. The van der Waals surface area contributed by atoms with Gasteiger partial charge in [-0.3, -0.25) is 4.79 Å². The Balaban J connectivity index is 1.80. The molecule has 7 heteroatoms. The summed E-state index contributed by atoms with van der Waals surface area (Å²) in [5.74, 6) is 0.0186. The summed E-state index contributed by atoms with van der Waals surface area (Å²) in [5.41, 5.74) is -1.31. The Morgan fingerprint density at radius 3 is 2.58 bits per heavy atom. The predicted octanol–water partition coefficient (Wildman–Crippen LogP) is 3.79. The Kier molecular flexibility index (Phi) is 4.84. The number of morpholine rings is 1. The molecule has 2 aromatic carbocycles. The van der Waals surface area contributed by atoms with Gasteiger partial charge in [0.25, 0.3) is 5.91 Å². The van der Waals surface area contributed by atoms with Gasteiger partial charge in [0.2, 0.25) is 0 Å². The van der Waals surface area contributed by atoms with Crippen molar-refractivity contribution in [1.29, 1.82) is 0 Å². The van der Waals surface area contributed by atoms with Crippen LogP contribution in [0, 0.1) is 0 Å². The van der Waals surface area contributed by atoms with Gasteiger partial charge in [-0.1, -0.05) is 36.4 Å². The summed E-state index contributed by atoms with van der Waals surface area (Å²) in [6.45, 7) is 2.56. The third-order valence-corrected chi connectivity index (χ3v) is 4.35. The van der Waals surface area contributed by atoms with Crippen molar-refractivity contribution < 1.29 is 27.4 Å². The van der Waals surface area contributed by atoms with Crippen LogP contribution in [0.2, 0.25) is 0 Å². The van der Waals surface area contributed by atoms with Crippen LogP contribution in [0.15, 0.2) is 42.5 Å². The Labute approximate surface area is 149 Å². The topological polar surface area (TPSA) is 38.8 Å². The van der Waals surface area contributed by atoms with Crippen molar-refractivity contribution in [2.24, 2.45) is 0 Å². The predicted molar refractivity (Wildman–Crippen MR) is 91.0 cm³/mol. The van der Waals surface area contributed by atoms with Gasteiger partial charge in [0, 0.05) is 11.9 Å². The van der Waals surface area contributed by atoms with Crippen molar-refractivity contribution in [3.05, 3.63) is 42.5 Å². The van der Waals surface area contributed by atoms with Crippen molar-refractivity contribution in [3.8, 4) is 5.75 Å². The number of amides is 1. The summed E-state index contributed by atoms with van der Waals surface area (Å²) < 4.78 is 49.4. The molecule has 0 aromatic heterocycles. The zero-order chi connectivity index (χ0) is 18.9. The highest BCUT2D eigenvalue weighted by atomic mass is 19.4. The van der Waals surface area contributed by atoms with Crippen LogP contribution in [-0.2, 0) is 9.53 Å². The molecule has 0 radical (unpaired) electrons. The van der Waals surface area contributed by atoms with Gasteiger partial charge in [-0.2, -0.15) is 13.2 Å². The van der Waals surface area contributed by atoms with E-state index in [1.807, 2.05) is 36.4 Å². The third kappa shape index (κ3) is 3.77.